The summed E-state index contributed by atoms with van der Waals surface area (Å²) in [6, 6.07) is 0. The van der Waals surface area contributed by atoms with Crippen LogP contribution >= 0.6 is 0 Å². The van der Waals surface area contributed by atoms with Gasteiger partial charge in [0.25, 0.3) is 0 Å². The van der Waals surface area contributed by atoms with Gasteiger partial charge in [-0.2, -0.15) is 0 Å². The third-order valence-electron chi connectivity index (χ3n) is 10.9. The molecule has 0 aromatic carbocycles. The fourth-order valence-corrected chi connectivity index (χ4v) is 8.29. The smallest absolute Gasteiger partial charge is 0.726 e. The Balaban J connectivity index is -0.000000152. The van der Waals surface area contributed by atoms with Crippen LogP contribution in [0.25, 0.3) is 0 Å². The van der Waals surface area contributed by atoms with Crippen LogP contribution in [0.2, 0.25) is 0 Å². The summed E-state index contributed by atoms with van der Waals surface area (Å²) < 4.78 is 138. The zero-order valence-electron chi connectivity index (χ0n) is 45.4. The summed E-state index contributed by atoms with van der Waals surface area (Å²) in [5.41, 5.74) is 0. The van der Waals surface area contributed by atoms with Crippen LogP contribution in [-0.2, 0) is 58.3 Å². The maximum Gasteiger partial charge on any atom is 3.00 e. The second-order valence-corrected chi connectivity index (χ2v) is 21.9. The molecule has 0 saturated carbocycles. The first kappa shape index (κ1) is 86.5. The largest absolute Gasteiger partial charge is 3.00 e. The maximum absolute atomic E-state index is 10.1. The van der Waals surface area contributed by atoms with Crippen LogP contribution in [0, 0.1) is 0 Å². The minimum atomic E-state index is -4.48. The van der Waals surface area contributed by atoms with Gasteiger partial charge in [0.05, 0.1) is 26.4 Å². The average Bonchev–Trinajstić information content (AvgIpc) is 3.25. The molecule has 0 fully saturated rings. The van der Waals surface area contributed by atoms with E-state index >= 15 is 0 Å². The molecule has 0 aromatic rings. The second-order valence-electron chi connectivity index (χ2n) is 17.6. The summed E-state index contributed by atoms with van der Waals surface area (Å²) in [4.78, 5) is 0. The van der Waals surface area contributed by atoms with Crippen molar-refractivity contribution in [3.63, 3.8) is 0 Å². The molecule has 0 heterocycles. The molecule has 0 amide bonds. The Bertz CT molecular complexity index is 1230. The molecule has 71 heavy (non-hydrogen) atoms. The molecule has 17 nitrogen and oxygen atoms in total. The summed E-state index contributed by atoms with van der Waals surface area (Å²) >= 11 is 0. The minimum absolute atomic E-state index is 0. The molecule has 424 valence electrons. The maximum atomic E-state index is 10.1. The number of hydrogen-bond donors (Lipinski definition) is 0. The van der Waals surface area contributed by atoms with Crippen molar-refractivity contribution in [3.8, 4) is 0 Å². The molecule has 23 heteroatoms. The van der Waals surface area contributed by atoms with Gasteiger partial charge in [-0.05, 0) is 25.7 Å². The van der Waals surface area contributed by atoms with E-state index in [-0.39, 0.29) is 101 Å². The van der Waals surface area contributed by atoms with Crippen molar-refractivity contribution < 1.29 is 125 Å². The molecule has 0 aliphatic rings. The Hall–Kier alpha value is 1.61. The second kappa shape index (κ2) is 65.9. The number of unbranched alkanes of at least 4 members (excludes halogenated alkanes) is 36. The summed E-state index contributed by atoms with van der Waals surface area (Å²) in [6.07, 6.45) is 46.8. The van der Waals surface area contributed by atoms with Gasteiger partial charge >= 0.3 is 68.7 Å². The van der Waals surface area contributed by atoms with Crippen molar-refractivity contribution in [1.82, 2.24) is 0 Å². The van der Waals surface area contributed by atoms with Crippen molar-refractivity contribution in [2.45, 2.75) is 285 Å². The van der Waals surface area contributed by atoms with E-state index in [1.165, 1.54) is 180 Å². The first-order valence-corrected chi connectivity index (χ1v) is 32.0. The van der Waals surface area contributed by atoms with Crippen molar-refractivity contribution in [2.24, 2.45) is 0 Å². The zero-order valence-corrected chi connectivity index (χ0v) is 52.9. The van der Waals surface area contributed by atoms with Crippen LogP contribution in [0.15, 0.2) is 0 Å². The van der Waals surface area contributed by atoms with E-state index in [1.807, 2.05) is 0 Å². The van der Waals surface area contributed by atoms with E-state index in [1.54, 1.807) is 0 Å². The van der Waals surface area contributed by atoms with Crippen molar-refractivity contribution in [2.75, 3.05) is 26.4 Å². The molecule has 0 aromatic heterocycles. The Morgan fingerprint density at radius 2 is 0.338 bits per heavy atom. The van der Waals surface area contributed by atoms with E-state index in [9.17, 15) is 51.9 Å². The fourth-order valence-electron chi connectivity index (χ4n) is 7.00. The summed E-state index contributed by atoms with van der Waals surface area (Å²) in [6.45, 7) is 8.97. The van der Waals surface area contributed by atoms with Crippen LogP contribution in [-0.4, -0.2) is 101 Å². The summed E-state index contributed by atoms with van der Waals surface area (Å²) in [5, 5.41) is 0. The third-order valence-corrected chi connectivity index (χ3v) is 12.7. The number of hydrogen-bond acceptors (Lipinski definition) is 16. The predicted octanol–water partition coefficient (Wildman–Crippen LogP) is 9.33. The van der Waals surface area contributed by atoms with Gasteiger partial charge in [-0.3, -0.25) is 16.7 Å². The Labute approximate surface area is 490 Å². The van der Waals surface area contributed by atoms with Crippen molar-refractivity contribution >= 4 is 59.0 Å². The summed E-state index contributed by atoms with van der Waals surface area (Å²) in [5.74, 6) is 0. The standard InChI is InChI=1S/4C12H26O4S.Al.K.H2O/c4*1-2-3-4-5-6-7-8-9-10-11-12-16-17(13,14)15;;;/h4*2-12H2,1H3,(H,13,14,15);;;1H2/q;;;;+3;+1;/p-4. The molecule has 0 aliphatic carbocycles. The van der Waals surface area contributed by atoms with Gasteiger partial charge in [0.1, 0.15) is 0 Å². The minimum Gasteiger partial charge on any atom is -0.726 e. The van der Waals surface area contributed by atoms with E-state index in [2.05, 4.69) is 44.4 Å². The molecule has 2 N–H and O–H groups in total. The average molecular weight is 1150 g/mol. The molecule has 0 unspecified atom stereocenters. The molecule has 0 saturated heterocycles. The van der Waals surface area contributed by atoms with Gasteiger partial charge in [0.15, 0.2) is 0 Å². The topological polar surface area (TPSA) is 297 Å². The van der Waals surface area contributed by atoms with Crippen molar-refractivity contribution in [3.05, 3.63) is 0 Å². The Morgan fingerprint density at radius 1 is 0.239 bits per heavy atom. The molecule has 0 rings (SSSR count). The van der Waals surface area contributed by atoms with E-state index < -0.39 is 41.6 Å². The molecule has 0 radical (unpaired) electrons. The SMILES string of the molecule is CCCCCCCCCCCCOS(=O)(=O)[O-].CCCCCCCCCCCCOS(=O)(=O)[O-].CCCCCCCCCCCCOS(=O)(=O)[O-].CCCCCCCCCCCCOS(=O)(=O)[O-].O.[Al+3].[K+]. The van der Waals surface area contributed by atoms with Crippen molar-refractivity contribution in [1.29, 1.82) is 0 Å². The van der Waals surface area contributed by atoms with E-state index in [0.717, 1.165) is 51.4 Å². The molecule has 0 spiro atoms. The Kier molecular flexibility index (Phi) is 80.3. The van der Waals surface area contributed by atoms with Crippen LogP contribution in [0.1, 0.15) is 285 Å². The molecular formula is C48H102AlKO17S4. The van der Waals surface area contributed by atoms with Crippen LogP contribution < -0.4 is 51.4 Å². The monoisotopic (exact) mass is 1140 g/mol. The van der Waals surface area contributed by atoms with Crippen LogP contribution in [0.5, 0.6) is 0 Å². The van der Waals surface area contributed by atoms with Crippen LogP contribution in [0.3, 0.4) is 0 Å². The zero-order chi connectivity index (χ0) is 51.9. The van der Waals surface area contributed by atoms with Gasteiger partial charge in [-0.1, -0.05) is 259 Å². The number of rotatable bonds is 48. The third kappa shape index (κ3) is 105. The van der Waals surface area contributed by atoms with Gasteiger partial charge in [0.2, 0.25) is 41.6 Å². The quantitative estimate of drug-likeness (QED) is 0.0237. The fraction of sp³-hybridized carbons (Fsp3) is 1.00. The van der Waals surface area contributed by atoms with Gasteiger partial charge < -0.3 is 23.7 Å². The first-order chi connectivity index (χ1) is 32.2. The van der Waals surface area contributed by atoms with Gasteiger partial charge in [-0.15, -0.1) is 0 Å². The van der Waals surface area contributed by atoms with Crippen LogP contribution in [0.4, 0.5) is 0 Å². The van der Waals surface area contributed by atoms with E-state index in [0.29, 0.717) is 25.7 Å². The molecule has 0 atom stereocenters. The first-order valence-electron chi connectivity index (χ1n) is 26.6. The van der Waals surface area contributed by atoms with Gasteiger partial charge in [-0.25, -0.2) is 33.7 Å². The summed E-state index contributed by atoms with van der Waals surface area (Å²) in [7, 11) is -17.9. The molecule has 0 bridgehead atoms. The van der Waals surface area contributed by atoms with E-state index in [4.69, 9.17) is 0 Å². The Morgan fingerprint density at radius 3 is 0.437 bits per heavy atom. The molecular weight excluding hydrogens is 1040 g/mol. The normalized spacial score (nSPS) is 11.4. The van der Waals surface area contributed by atoms with Gasteiger partial charge in [0, 0.05) is 0 Å². The predicted molar refractivity (Wildman–Crippen MR) is 279 cm³/mol. The molecule has 0 aliphatic heterocycles.